The van der Waals surface area contributed by atoms with Crippen molar-refractivity contribution in [3.8, 4) is 0 Å². The first-order valence-corrected chi connectivity index (χ1v) is 7.38. The van der Waals surface area contributed by atoms with Gasteiger partial charge >= 0.3 is 0 Å². The largest absolute Gasteiger partial charge is 0.340 e. The Morgan fingerprint density at radius 2 is 2.14 bits per heavy atom. The van der Waals surface area contributed by atoms with Gasteiger partial charge in [0, 0.05) is 11.9 Å². The number of carbonyl (C=O) groups is 1. The van der Waals surface area contributed by atoms with Crippen LogP contribution in [0.1, 0.15) is 33.8 Å². The first-order chi connectivity index (χ1) is 10.6. The molecule has 1 aromatic carbocycles. The van der Waals surface area contributed by atoms with Crippen LogP contribution < -0.4 is 5.32 Å². The van der Waals surface area contributed by atoms with Crippen LogP contribution in [0.5, 0.6) is 0 Å². The summed E-state index contributed by atoms with van der Waals surface area (Å²) in [6.45, 7) is 1.68. The summed E-state index contributed by atoms with van der Waals surface area (Å²) >= 11 is 6.86. The molecule has 0 fully saturated rings. The first-order valence-electron chi connectivity index (χ1n) is 6.27. The van der Waals surface area contributed by atoms with Crippen molar-refractivity contribution >= 4 is 29.2 Å². The molecule has 0 saturated carbocycles. The second kappa shape index (κ2) is 6.20. The molecule has 9 heteroatoms. The fourth-order valence-corrected chi connectivity index (χ4v) is 2.39. The molecule has 2 aromatic heterocycles. The van der Waals surface area contributed by atoms with Crippen LogP contribution in [0.4, 0.5) is 0 Å². The minimum atomic E-state index is -0.566. The van der Waals surface area contributed by atoms with Crippen LogP contribution in [0.3, 0.4) is 0 Å². The lowest BCUT2D eigenvalue weighted by Crippen LogP contribution is -2.30. The van der Waals surface area contributed by atoms with Crippen LogP contribution in [-0.4, -0.2) is 24.8 Å². The van der Waals surface area contributed by atoms with Gasteiger partial charge in [0.25, 0.3) is 5.91 Å². The number of hydrogen-bond donors (Lipinski definition) is 1. The zero-order chi connectivity index (χ0) is 15.5. The fourth-order valence-electron chi connectivity index (χ4n) is 1.85. The lowest BCUT2D eigenvalue weighted by Gasteiger charge is -2.15. The van der Waals surface area contributed by atoms with Gasteiger partial charge in [0.15, 0.2) is 11.5 Å². The first kappa shape index (κ1) is 14.6. The third-order valence-electron chi connectivity index (χ3n) is 2.87. The summed E-state index contributed by atoms with van der Waals surface area (Å²) in [4.78, 5) is 16.4. The Morgan fingerprint density at radius 3 is 2.73 bits per heavy atom. The average molecular weight is 336 g/mol. The molecule has 0 aliphatic carbocycles. The quantitative estimate of drug-likeness (QED) is 0.786. The molecule has 112 valence electrons. The number of carbonyl (C=O) groups excluding carboxylic acids is 1. The Morgan fingerprint density at radius 1 is 1.36 bits per heavy atom. The maximum atomic E-state index is 12.2. The third kappa shape index (κ3) is 3.12. The van der Waals surface area contributed by atoms with E-state index in [1.165, 1.54) is 6.20 Å². The summed E-state index contributed by atoms with van der Waals surface area (Å²) in [6, 6.07) is 6.47. The van der Waals surface area contributed by atoms with Gasteiger partial charge in [-0.1, -0.05) is 28.9 Å². The van der Waals surface area contributed by atoms with E-state index in [1.807, 2.05) is 0 Å². The summed E-state index contributed by atoms with van der Waals surface area (Å²) < 4.78 is 12.7. The van der Waals surface area contributed by atoms with Gasteiger partial charge in [0.05, 0.1) is 17.9 Å². The van der Waals surface area contributed by atoms with E-state index in [2.05, 4.69) is 24.2 Å². The van der Waals surface area contributed by atoms with Crippen molar-refractivity contribution in [1.29, 1.82) is 0 Å². The van der Waals surface area contributed by atoms with Gasteiger partial charge in [-0.05, 0) is 17.7 Å². The average Bonchev–Trinajstić information content (AvgIpc) is 3.17. The molecule has 7 nitrogen and oxygen atoms in total. The van der Waals surface area contributed by atoms with Gasteiger partial charge in [0.1, 0.15) is 6.04 Å². The molecular weight excluding hydrogens is 326 g/mol. The number of amides is 1. The minimum absolute atomic E-state index is 0.240. The maximum Gasteiger partial charge on any atom is 0.273 e. The molecule has 1 atom stereocenters. The van der Waals surface area contributed by atoms with Gasteiger partial charge in [0.2, 0.25) is 5.89 Å². The van der Waals surface area contributed by atoms with Gasteiger partial charge in [-0.15, -0.1) is 0 Å². The number of rotatable bonds is 4. The minimum Gasteiger partial charge on any atom is -0.340 e. The number of halogens is 1. The summed E-state index contributed by atoms with van der Waals surface area (Å²) in [5.41, 5.74) is 1.02. The second-order valence-electron chi connectivity index (χ2n) is 4.42. The number of aromatic nitrogens is 4. The number of nitrogens with one attached hydrogen (secondary N) is 1. The molecule has 1 N–H and O–H groups in total. The van der Waals surface area contributed by atoms with Gasteiger partial charge in [-0.3, -0.25) is 4.79 Å². The van der Waals surface area contributed by atoms with Crippen molar-refractivity contribution in [1.82, 2.24) is 24.2 Å². The van der Waals surface area contributed by atoms with Crippen LogP contribution >= 0.6 is 23.3 Å². The molecule has 0 aliphatic heterocycles. The summed E-state index contributed by atoms with van der Waals surface area (Å²) in [6.07, 6.45) is 1.40. The van der Waals surface area contributed by atoms with Crippen molar-refractivity contribution in [3.05, 3.63) is 58.5 Å². The van der Waals surface area contributed by atoms with E-state index in [0.717, 1.165) is 17.3 Å². The van der Waals surface area contributed by atoms with Gasteiger partial charge in [-0.2, -0.15) is 13.7 Å². The van der Waals surface area contributed by atoms with E-state index in [0.29, 0.717) is 16.7 Å². The Balaban J connectivity index is 1.92. The monoisotopic (exact) mass is 335 g/mol. The van der Waals surface area contributed by atoms with Gasteiger partial charge in [-0.25, -0.2) is 0 Å². The third-order valence-corrected chi connectivity index (χ3v) is 3.60. The Labute approximate surface area is 134 Å². The highest BCUT2D eigenvalue weighted by Gasteiger charge is 2.23. The predicted molar refractivity (Wildman–Crippen MR) is 79.7 cm³/mol. The SMILES string of the molecule is Cc1nc(C(NC(=O)c2cnsn2)c2ccc(Cl)cc2)no1. The van der Waals surface area contributed by atoms with E-state index in [1.54, 1.807) is 31.2 Å². The van der Waals surface area contributed by atoms with Crippen LogP contribution in [-0.2, 0) is 0 Å². The van der Waals surface area contributed by atoms with E-state index < -0.39 is 6.04 Å². The van der Waals surface area contributed by atoms with E-state index in [-0.39, 0.29) is 11.6 Å². The van der Waals surface area contributed by atoms with Crippen molar-refractivity contribution in [2.45, 2.75) is 13.0 Å². The van der Waals surface area contributed by atoms with E-state index in [4.69, 9.17) is 16.1 Å². The van der Waals surface area contributed by atoms with Crippen molar-refractivity contribution < 1.29 is 9.32 Å². The van der Waals surface area contributed by atoms with Crippen molar-refractivity contribution in [2.75, 3.05) is 0 Å². The summed E-state index contributed by atoms with van der Waals surface area (Å²) in [5, 5.41) is 7.30. The van der Waals surface area contributed by atoms with E-state index in [9.17, 15) is 4.79 Å². The molecule has 3 aromatic rings. The van der Waals surface area contributed by atoms with Crippen LogP contribution in [0, 0.1) is 6.92 Å². The topological polar surface area (TPSA) is 93.8 Å². The van der Waals surface area contributed by atoms with Crippen molar-refractivity contribution in [2.24, 2.45) is 0 Å². The number of benzene rings is 1. The normalized spacial score (nSPS) is 12.1. The standard InChI is InChI=1S/C13H10ClN5O2S/c1-7-16-12(18-21-7)11(8-2-4-9(14)5-3-8)17-13(20)10-6-15-22-19-10/h2-6,11H,1H3,(H,17,20). The lowest BCUT2D eigenvalue weighted by atomic mass is 10.1. The Kier molecular flexibility index (Phi) is 4.12. The lowest BCUT2D eigenvalue weighted by molar-refractivity contribution is 0.0937. The molecule has 0 aliphatic rings. The number of aryl methyl sites for hydroxylation is 1. The fraction of sp³-hybridized carbons (Fsp3) is 0.154. The van der Waals surface area contributed by atoms with Gasteiger partial charge < -0.3 is 9.84 Å². The smallest absolute Gasteiger partial charge is 0.273 e. The Bertz CT molecular complexity index is 772. The molecular formula is C13H10ClN5O2S. The molecule has 1 amide bonds. The molecule has 0 saturated heterocycles. The highest BCUT2D eigenvalue weighted by Crippen LogP contribution is 2.22. The summed E-state index contributed by atoms with van der Waals surface area (Å²) in [7, 11) is 0. The summed E-state index contributed by atoms with van der Waals surface area (Å²) in [5.74, 6) is 0.408. The molecule has 22 heavy (non-hydrogen) atoms. The van der Waals surface area contributed by atoms with Crippen LogP contribution in [0.25, 0.3) is 0 Å². The number of nitrogens with zero attached hydrogens (tertiary/aromatic N) is 4. The second-order valence-corrected chi connectivity index (χ2v) is 5.42. The molecule has 0 spiro atoms. The zero-order valence-corrected chi connectivity index (χ0v) is 12.9. The molecule has 3 rings (SSSR count). The van der Waals surface area contributed by atoms with Crippen molar-refractivity contribution in [3.63, 3.8) is 0 Å². The van der Waals surface area contributed by atoms with Crippen LogP contribution in [0.15, 0.2) is 35.0 Å². The molecule has 0 bridgehead atoms. The highest BCUT2D eigenvalue weighted by atomic mass is 35.5. The molecule has 2 heterocycles. The number of hydrogen-bond acceptors (Lipinski definition) is 7. The Hall–Kier alpha value is -2.32. The predicted octanol–water partition coefficient (Wildman–Crippen LogP) is 2.40. The van der Waals surface area contributed by atoms with Crippen LogP contribution in [0.2, 0.25) is 5.02 Å². The maximum absolute atomic E-state index is 12.2. The zero-order valence-electron chi connectivity index (χ0n) is 11.4. The molecule has 1 unspecified atom stereocenters. The highest BCUT2D eigenvalue weighted by molar-refractivity contribution is 6.99. The molecule has 0 radical (unpaired) electrons. The van der Waals surface area contributed by atoms with E-state index >= 15 is 0 Å².